The van der Waals surface area contributed by atoms with Crippen LogP contribution < -0.4 is 0 Å². The highest BCUT2D eigenvalue weighted by molar-refractivity contribution is 5.13. The molecule has 0 spiro atoms. The van der Waals surface area contributed by atoms with Crippen LogP contribution in [0.2, 0.25) is 0 Å². The van der Waals surface area contributed by atoms with Crippen LogP contribution in [-0.2, 0) is 0 Å². The molecule has 0 fully saturated rings. The second kappa shape index (κ2) is 3.86. The largest absolute Gasteiger partial charge is 0.0819 e. The van der Waals surface area contributed by atoms with Gasteiger partial charge in [0.15, 0.2) is 0 Å². The number of hydrogen-bond donors (Lipinski definition) is 0. The molecule has 0 radical (unpaired) electrons. The normalized spacial score (nSPS) is 40.2. The molecule has 0 aliphatic heterocycles. The predicted molar refractivity (Wildman–Crippen MR) is 59.7 cm³/mol. The first kappa shape index (κ1) is 10.8. The molecule has 0 aromatic carbocycles. The van der Waals surface area contributed by atoms with Crippen molar-refractivity contribution < 1.29 is 0 Å². The van der Waals surface area contributed by atoms with E-state index in [0.717, 1.165) is 11.8 Å². The first-order valence-corrected chi connectivity index (χ1v) is 5.74. The zero-order valence-electron chi connectivity index (χ0n) is 9.85. The van der Waals surface area contributed by atoms with Gasteiger partial charge in [0.2, 0.25) is 0 Å². The van der Waals surface area contributed by atoms with Crippen molar-refractivity contribution in [3.8, 4) is 0 Å². The second-order valence-corrected chi connectivity index (χ2v) is 4.93. The summed E-state index contributed by atoms with van der Waals surface area (Å²) in [7, 11) is 0. The van der Waals surface area contributed by atoms with E-state index in [1.807, 2.05) is 0 Å². The van der Waals surface area contributed by atoms with Crippen molar-refractivity contribution in [2.45, 2.75) is 53.9 Å². The molecule has 0 N–H and O–H groups in total. The zero-order valence-corrected chi connectivity index (χ0v) is 9.85. The molecule has 1 rings (SSSR count). The third-order valence-corrected chi connectivity index (χ3v) is 4.44. The zero-order chi connectivity index (χ0) is 10.1. The van der Waals surface area contributed by atoms with Crippen LogP contribution in [-0.4, -0.2) is 0 Å². The van der Waals surface area contributed by atoms with Crippen LogP contribution in [0, 0.1) is 17.3 Å². The Morgan fingerprint density at radius 2 is 2.00 bits per heavy atom. The molecule has 0 nitrogen and oxygen atoms in total. The summed E-state index contributed by atoms with van der Waals surface area (Å²) in [6.45, 7) is 11.9. The number of rotatable bonds is 2. The molecule has 0 saturated heterocycles. The van der Waals surface area contributed by atoms with Crippen molar-refractivity contribution in [1.82, 2.24) is 0 Å². The van der Waals surface area contributed by atoms with Gasteiger partial charge in [0.25, 0.3) is 0 Å². The van der Waals surface area contributed by atoms with Crippen LogP contribution in [0.5, 0.6) is 0 Å². The quantitative estimate of drug-likeness (QED) is 0.552. The van der Waals surface area contributed by atoms with Gasteiger partial charge in [-0.15, -0.1) is 0 Å². The van der Waals surface area contributed by atoms with Crippen LogP contribution in [0.4, 0.5) is 0 Å². The van der Waals surface area contributed by atoms with E-state index in [1.54, 1.807) is 5.57 Å². The minimum atomic E-state index is 0.540. The van der Waals surface area contributed by atoms with E-state index in [9.17, 15) is 0 Å². The average Bonchev–Trinajstić information content (AvgIpc) is 2.13. The first-order chi connectivity index (χ1) is 6.04. The average molecular weight is 180 g/mol. The standard InChI is InChI=1S/C13H24/c1-6-12-8-10(3)13(5,7-2)11(4)9-12/h8,10-11H,6-7,9H2,1-5H3. The monoisotopic (exact) mass is 180 g/mol. The van der Waals surface area contributed by atoms with Gasteiger partial charge in [0.05, 0.1) is 0 Å². The van der Waals surface area contributed by atoms with Crippen molar-refractivity contribution in [2.75, 3.05) is 0 Å². The van der Waals surface area contributed by atoms with E-state index in [0.29, 0.717) is 5.41 Å². The third-order valence-electron chi connectivity index (χ3n) is 4.44. The molecule has 1 aliphatic carbocycles. The maximum Gasteiger partial charge on any atom is -0.0203 e. The maximum absolute atomic E-state index is 2.52. The smallest absolute Gasteiger partial charge is 0.0203 e. The molecule has 0 heteroatoms. The van der Waals surface area contributed by atoms with Gasteiger partial charge in [-0.25, -0.2) is 0 Å². The molecule has 0 heterocycles. The minimum absolute atomic E-state index is 0.540. The predicted octanol–water partition coefficient (Wildman–Crippen LogP) is 4.42. The van der Waals surface area contributed by atoms with E-state index >= 15 is 0 Å². The molecule has 76 valence electrons. The summed E-state index contributed by atoms with van der Waals surface area (Å²) in [6.07, 6.45) is 6.39. The van der Waals surface area contributed by atoms with E-state index in [4.69, 9.17) is 0 Å². The summed E-state index contributed by atoms with van der Waals surface area (Å²) in [6, 6.07) is 0. The van der Waals surface area contributed by atoms with Gasteiger partial charge >= 0.3 is 0 Å². The minimum Gasteiger partial charge on any atom is -0.0819 e. The fraction of sp³-hybridized carbons (Fsp3) is 0.846. The van der Waals surface area contributed by atoms with E-state index in [1.165, 1.54) is 19.3 Å². The highest BCUT2D eigenvalue weighted by Crippen LogP contribution is 2.46. The van der Waals surface area contributed by atoms with Crippen molar-refractivity contribution in [3.63, 3.8) is 0 Å². The Kier molecular flexibility index (Phi) is 3.21. The molecule has 3 atom stereocenters. The van der Waals surface area contributed by atoms with Gasteiger partial charge in [-0.3, -0.25) is 0 Å². The number of hydrogen-bond acceptors (Lipinski definition) is 0. The molecule has 0 bridgehead atoms. The fourth-order valence-corrected chi connectivity index (χ4v) is 2.62. The van der Waals surface area contributed by atoms with Crippen LogP contribution in [0.25, 0.3) is 0 Å². The van der Waals surface area contributed by atoms with E-state index < -0.39 is 0 Å². The van der Waals surface area contributed by atoms with Crippen molar-refractivity contribution in [1.29, 1.82) is 0 Å². The van der Waals surface area contributed by atoms with Crippen molar-refractivity contribution in [3.05, 3.63) is 11.6 Å². The molecule has 0 aromatic heterocycles. The Hall–Kier alpha value is -0.260. The summed E-state index contributed by atoms with van der Waals surface area (Å²) in [5, 5.41) is 0. The SMILES string of the molecule is CCC1=CC(C)C(C)(CC)C(C)C1. The lowest BCUT2D eigenvalue weighted by molar-refractivity contribution is 0.122. The van der Waals surface area contributed by atoms with Gasteiger partial charge in [-0.1, -0.05) is 46.3 Å². The third kappa shape index (κ3) is 1.82. The lowest BCUT2D eigenvalue weighted by Crippen LogP contribution is -2.34. The molecule has 0 amide bonds. The lowest BCUT2D eigenvalue weighted by atomic mass is 9.62. The van der Waals surface area contributed by atoms with Gasteiger partial charge in [-0.2, -0.15) is 0 Å². The molecule has 3 unspecified atom stereocenters. The van der Waals surface area contributed by atoms with Crippen molar-refractivity contribution in [2.24, 2.45) is 17.3 Å². The summed E-state index contributed by atoms with van der Waals surface area (Å²) in [4.78, 5) is 0. The molecular weight excluding hydrogens is 156 g/mol. The second-order valence-electron chi connectivity index (χ2n) is 4.93. The van der Waals surface area contributed by atoms with Crippen LogP contribution in [0.3, 0.4) is 0 Å². The Morgan fingerprint density at radius 1 is 1.38 bits per heavy atom. The molecule has 0 aromatic rings. The Balaban J connectivity index is 2.87. The topological polar surface area (TPSA) is 0 Å². The van der Waals surface area contributed by atoms with Crippen LogP contribution in [0.15, 0.2) is 11.6 Å². The molecule has 13 heavy (non-hydrogen) atoms. The highest BCUT2D eigenvalue weighted by atomic mass is 14.4. The van der Waals surface area contributed by atoms with E-state index in [2.05, 4.69) is 40.7 Å². The Labute approximate surface area is 83.4 Å². The summed E-state index contributed by atoms with van der Waals surface area (Å²) >= 11 is 0. The first-order valence-electron chi connectivity index (χ1n) is 5.74. The van der Waals surface area contributed by atoms with Crippen LogP contribution >= 0.6 is 0 Å². The highest BCUT2D eigenvalue weighted by Gasteiger charge is 2.36. The summed E-state index contributed by atoms with van der Waals surface area (Å²) < 4.78 is 0. The summed E-state index contributed by atoms with van der Waals surface area (Å²) in [5.41, 5.74) is 2.21. The maximum atomic E-state index is 2.52. The molecule has 1 aliphatic rings. The van der Waals surface area contributed by atoms with Gasteiger partial charge < -0.3 is 0 Å². The van der Waals surface area contributed by atoms with E-state index in [-0.39, 0.29) is 0 Å². The van der Waals surface area contributed by atoms with Crippen molar-refractivity contribution >= 4 is 0 Å². The fourth-order valence-electron chi connectivity index (χ4n) is 2.62. The Bertz CT molecular complexity index is 202. The molecule has 0 saturated carbocycles. The number of allylic oxidation sites excluding steroid dienone is 2. The van der Waals surface area contributed by atoms with Gasteiger partial charge in [-0.05, 0) is 36.5 Å². The van der Waals surface area contributed by atoms with Crippen LogP contribution in [0.1, 0.15) is 53.9 Å². The van der Waals surface area contributed by atoms with Gasteiger partial charge in [0, 0.05) is 0 Å². The Morgan fingerprint density at radius 3 is 2.38 bits per heavy atom. The summed E-state index contributed by atoms with van der Waals surface area (Å²) in [5.74, 6) is 1.61. The lowest BCUT2D eigenvalue weighted by Gasteiger charge is -2.43. The van der Waals surface area contributed by atoms with Gasteiger partial charge in [0.1, 0.15) is 0 Å². The molecular formula is C13H24.